The fraction of sp³-hybridized carbons (Fsp3) is 0.364. The zero-order valence-electron chi connectivity index (χ0n) is 26.4. The summed E-state index contributed by atoms with van der Waals surface area (Å²) in [5.41, 5.74) is 5.17. The molecule has 2 heterocycles. The number of ether oxygens (including phenoxy) is 1. The quantitative estimate of drug-likeness (QED) is 0.0717. The Kier molecular flexibility index (Phi) is 9.59. The monoisotopic (exact) mass is 696 g/mol. The van der Waals surface area contributed by atoms with Gasteiger partial charge in [0.05, 0.1) is 36.6 Å². The molecule has 13 nitrogen and oxygen atoms in total. The van der Waals surface area contributed by atoms with Gasteiger partial charge in [-0.05, 0) is 67.2 Å². The fourth-order valence-corrected chi connectivity index (χ4v) is 6.26. The number of carbonyl (C=O) groups is 3. The highest BCUT2D eigenvalue weighted by molar-refractivity contribution is 6.13. The summed E-state index contributed by atoms with van der Waals surface area (Å²) in [5, 5.41) is 15.3. The van der Waals surface area contributed by atoms with E-state index in [1.54, 1.807) is 0 Å². The van der Waals surface area contributed by atoms with Crippen LogP contribution in [0.4, 0.5) is 34.8 Å². The number of fused-ring (bicyclic) bond motifs is 2. The first kappa shape index (κ1) is 34.2. The number of nitrogens with two attached hydrogens (primary N) is 1. The van der Waals surface area contributed by atoms with Crippen molar-refractivity contribution in [2.24, 2.45) is 23.5 Å². The molecule has 2 fully saturated rings. The molecule has 3 atom stereocenters. The Labute approximate surface area is 282 Å². The third-order valence-electron chi connectivity index (χ3n) is 8.71. The predicted octanol–water partition coefficient (Wildman–Crippen LogP) is 4.11. The van der Waals surface area contributed by atoms with E-state index in [2.05, 4.69) is 48.2 Å². The Hall–Kier alpha value is -5.70. The number of primary amides is 1. The number of nitrogens with one attached hydrogen (secondary N) is 4. The minimum absolute atomic E-state index is 0.00755. The van der Waals surface area contributed by atoms with Gasteiger partial charge in [0.15, 0.2) is 5.69 Å². The van der Waals surface area contributed by atoms with Crippen LogP contribution in [0.25, 0.3) is 0 Å². The highest BCUT2D eigenvalue weighted by Crippen LogP contribution is 2.43. The number of anilines is 3. The van der Waals surface area contributed by atoms with Crippen LogP contribution in [-0.4, -0.2) is 57.9 Å². The zero-order chi connectivity index (χ0) is 35.6. The van der Waals surface area contributed by atoms with E-state index in [-0.39, 0.29) is 41.8 Å². The number of nitrogens with zero attached hydrogens (tertiary/aromatic N) is 3. The van der Waals surface area contributed by atoms with E-state index in [9.17, 15) is 36.7 Å². The Balaban J connectivity index is 1.12. The number of allylic oxidation sites excluding steroid dienone is 2. The average Bonchev–Trinajstić information content (AvgIpc) is 3.49. The Morgan fingerprint density at radius 1 is 1.08 bits per heavy atom. The second-order valence-corrected chi connectivity index (χ2v) is 12.4. The summed E-state index contributed by atoms with van der Waals surface area (Å²) in [7, 11) is 0. The Morgan fingerprint density at radius 3 is 2.46 bits per heavy atom. The van der Waals surface area contributed by atoms with Gasteiger partial charge < -0.3 is 31.7 Å². The van der Waals surface area contributed by atoms with E-state index in [4.69, 9.17) is 5.73 Å². The SMILES string of the molecule is NC(=O)c1c(C(=O)Nc2cc(NC(=O)Cc3ccc(OC(F)(F)F)cc3)cnc2F)nn(C2CC2)c1NCC(=C=O)NCC1CC2C=CC1C2. The van der Waals surface area contributed by atoms with E-state index in [0.29, 0.717) is 42.7 Å². The minimum atomic E-state index is -4.86. The maximum atomic E-state index is 14.7. The fourth-order valence-electron chi connectivity index (χ4n) is 6.26. The van der Waals surface area contributed by atoms with Gasteiger partial charge in [-0.25, -0.2) is 14.5 Å². The van der Waals surface area contributed by atoms with Crippen LogP contribution in [0.15, 0.2) is 54.4 Å². The van der Waals surface area contributed by atoms with Crippen LogP contribution in [0.2, 0.25) is 0 Å². The van der Waals surface area contributed by atoms with Crippen molar-refractivity contribution < 1.29 is 41.5 Å². The van der Waals surface area contributed by atoms with E-state index < -0.39 is 47.2 Å². The Morgan fingerprint density at radius 2 is 1.84 bits per heavy atom. The van der Waals surface area contributed by atoms with Crippen molar-refractivity contribution in [2.45, 2.75) is 44.5 Å². The molecule has 0 radical (unpaired) electrons. The number of alkyl halides is 3. The minimum Gasteiger partial charge on any atom is -0.406 e. The zero-order valence-corrected chi connectivity index (χ0v) is 26.4. The summed E-state index contributed by atoms with van der Waals surface area (Å²) < 4.78 is 57.2. The molecule has 6 N–H and O–H groups in total. The molecule has 3 aromatic rings. The first-order chi connectivity index (χ1) is 23.9. The maximum absolute atomic E-state index is 14.7. The normalized spacial score (nSPS) is 19.1. The van der Waals surface area contributed by atoms with Crippen molar-refractivity contribution in [3.05, 3.63) is 77.1 Å². The lowest BCUT2D eigenvalue weighted by molar-refractivity contribution is -0.274. The maximum Gasteiger partial charge on any atom is 0.573 e. The summed E-state index contributed by atoms with van der Waals surface area (Å²) in [4.78, 5) is 54.0. The lowest BCUT2D eigenvalue weighted by Crippen LogP contribution is -2.29. The van der Waals surface area contributed by atoms with Gasteiger partial charge >= 0.3 is 6.36 Å². The first-order valence-corrected chi connectivity index (χ1v) is 15.8. The van der Waals surface area contributed by atoms with Crippen molar-refractivity contribution >= 4 is 40.9 Å². The molecule has 0 saturated heterocycles. The molecule has 3 unspecified atom stereocenters. The number of pyridine rings is 1. The molecule has 3 amide bonds. The summed E-state index contributed by atoms with van der Waals surface area (Å²) in [6.07, 6.45) is 3.92. The van der Waals surface area contributed by atoms with E-state index in [1.807, 2.05) is 5.94 Å². The van der Waals surface area contributed by atoms with Crippen molar-refractivity contribution in [2.75, 3.05) is 29.0 Å². The van der Waals surface area contributed by atoms with Crippen LogP contribution in [0.5, 0.6) is 5.75 Å². The van der Waals surface area contributed by atoms with Crippen molar-refractivity contribution in [3.8, 4) is 5.75 Å². The number of hydrogen-bond donors (Lipinski definition) is 5. The molecule has 2 bridgehead atoms. The standard InChI is InChI=1S/C33H32F4N8O5/c34-29-25(12-21(14-40-29)42-26(47)11-17-2-7-24(8-3-17)50-33(35,36)37)43-32(49)28-27(30(38)48)31(45(44-28)23-5-6-23)41-15-22(16-46)39-13-20-10-18-1-4-19(20)9-18/h1-4,7-8,12,14,18-20,23,39,41H,5-6,9-11,13,15H2,(H2,38,48)(H,42,47)(H,43,49). The van der Waals surface area contributed by atoms with Crippen molar-refractivity contribution in [1.29, 1.82) is 0 Å². The number of rotatable bonds is 14. The highest BCUT2D eigenvalue weighted by atomic mass is 19.4. The summed E-state index contributed by atoms with van der Waals surface area (Å²) in [6.45, 7) is 0.536. The lowest BCUT2D eigenvalue weighted by Gasteiger charge is -2.20. The van der Waals surface area contributed by atoms with Crippen molar-refractivity contribution in [3.63, 3.8) is 0 Å². The molecule has 262 valence electrons. The molecule has 3 aliphatic carbocycles. The highest BCUT2D eigenvalue weighted by Gasteiger charge is 2.36. The smallest absolute Gasteiger partial charge is 0.406 e. The van der Waals surface area contributed by atoms with Crippen LogP contribution < -0.4 is 31.7 Å². The molecule has 2 aromatic heterocycles. The third-order valence-corrected chi connectivity index (χ3v) is 8.71. The van der Waals surface area contributed by atoms with Crippen molar-refractivity contribution in [1.82, 2.24) is 20.1 Å². The van der Waals surface area contributed by atoms with Gasteiger partial charge in [-0.1, -0.05) is 24.3 Å². The second kappa shape index (κ2) is 14.0. The van der Waals surface area contributed by atoms with Crippen LogP contribution in [0, 0.1) is 23.7 Å². The van der Waals surface area contributed by atoms with Gasteiger partial charge in [0.1, 0.15) is 28.8 Å². The van der Waals surface area contributed by atoms with Gasteiger partial charge in [0.25, 0.3) is 11.8 Å². The molecular formula is C33H32F4N8O5. The average molecular weight is 697 g/mol. The Bertz CT molecular complexity index is 1880. The number of halogens is 4. The lowest BCUT2D eigenvalue weighted by atomic mass is 9.93. The predicted molar refractivity (Wildman–Crippen MR) is 171 cm³/mol. The summed E-state index contributed by atoms with van der Waals surface area (Å²) in [6, 6.07) is 5.63. The van der Waals surface area contributed by atoms with Gasteiger partial charge in [0, 0.05) is 6.54 Å². The molecule has 0 spiro atoms. The number of benzene rings is 1. The van der Waals surface area contributed by atoms with Gasteiger partial charge in [-0.3, -0.25) is 14.4 Å². The molecule has 2 saturated carbocycles. The molecule has 17 heteroatoms. The topological polar surface area (TPSA) is 182 Å². The van der Waals surface area contributed by atoms with Crippen LogP contribution in [0.1, 0.15) is 58.1 Å². The third kappa shape index (κ3) is 8.11. The summed E-state index contributed by atoms with van der Waals surface area (Å²) in [5.74, 6) is -0.682. The molecule has 6 rings (SSSR count). The van der Waals surface area contributed by atoms with Crippen LogP contribution in [0.3, 0.4) is 0 Å². The molecule has 1 aromatic carbocycles. The van der Waals surface area contributed by atoms with Gasteiger partial charge in [0.2, 0.25) is 11.9 Å². The van der Waals surface area contributed by atoms with E-state index in [1.165, 1.54) is 16.8 Å². The molecule has 50 heavy (non-hydrogen) atoms. The molecule has 0 aliphatic heterocycles. The number of carbonyl (C=O) groups excluding carboxylic acids is 4. The first-order valence-electron chi connectivity index (χ1n) is 15.8. The van der Waals surface area contributed by atoms with E-state index in [0.717, 1.165) is 37.2 Å². The summed E-state index contributed by atoms with van der Waals surface area (Å²) >= 11 is 0. The molecular weight excluding hydrogens is 664 g/mol. The van der Waals surface area contributed by atoms with Gasteiger partial charge in [-0.15, -0.1) is 13.2 Å². The van der Waals surface area contributed by atoms with Crippen LogP contribution >= 0.6 is 0 Å². The van der Waals surface area contributed by atoms with Crippen LogP contribution in [-0.2, 0) is 16.0 Å². The van der Waals surface area contributed by atoms with Gasteiger partial charge in [-0.2, -0.15) is 9.49 Å². The number of amides is 3. The number of aromatic nitrogens is 3. The van der Waals surface area contributed by atoms with E-state index >= 15 is 0 Å². The molecule has 3 aliphatic rings. The number of hydrogen-bond acceptors (Lipinski definition) is 9. The largest absolute Gasteiger partial charge is 0.573 e. The second-order valence-electron chi connectivity index (χ2n) is 12.4.